The zero-order chi connectivity index (χ0) is 18.2. The Morgan fingerprint density at radius 1 is 1.20 bits per heavy atom. The highest BCUT2D eigenvalue weighted by atomic mass is 19.2. The standard InChI is InChI=1S/C17H12F2N2O4/c18-14-9-13(16(21(23)24)10-15(14)19)7-4-8-20-17(22)25-11-12-5-2-1-3-6-12/h1-3,5-6,9-10H,8,11H2,(H,20,22). The molecule has 0 unspecified atom stereocenters. The van der Waals surface area contributed by atoms with E-state index < -0.39 is 28.3 Å². The zero-order valence-electron chi connectivity index (χ0n) is 12.8. The van der Waals surface area contributed by atoms with Gasteiger partial charge in [0.15, 0.2) is 11.6 Å². The number of nitro benzene ring substituents is 1. The van der Waals surface area contributed by atoms with Crippen molar-refractivity contribution in [3.63, 3.8) is 0 Å². The molecule has 0 fully saturated rings. The molecule has 0 saturated heterocycles. The van der Waals surface area contributed by atoms with Gasteiger partial charge in [-0.1, -0.05) is 42.2 Å². The number of carbonyl (C=O) groups is 1. The minimum atomic E-state index is -1.33. The van der Waals surface area contributed by atoms with Gasteiger partial charge in [0.05, 0.1) is 17.5 Å². The van der Waals surface area contributed by atoms with Crippen molar-refractivity contribution in [1.29, 1.82) is 0 Å². The van der Waals surface area contributed by atoms with E-state index in [0.717, 1.165) is 5.56 Å². The first-order valence-corrected chi connectivity index (χ1v) is 7.04. The minimum Gasteiger partial charge on any atom is -0.445 e. The SMILES string of the molecule is O=C(NCC#Cc1cc(F)c(F)cc1[N+](=O)[O-])OCc1ccccc1. The van der Waals surface area contributed by atoms with Crippen LogP contribution in [0.15, 0.2) is 42.5 Å². The molecule has 2 aromatic rings. The molecule has 0 aromatic heterocycles. The van der Waals surface area contributed by atoms with E-state index >= 15 is 0 Å². The Kier molecular flexibility index (Phi) is 6.01. The predicted octanol–water partition coefficient (Wildman–Crippen LogP) is 3.15. The first kappa shape index (κ1) is 17.9. The number of halogens is 2. The number of nitrogens with one attached hydrogen (secondary N) is 1. The van der Waals surface area contributed by atoms with Crippen LogP contribution in [0.2, 0.25) is 0 Å². The molecule has 0 heterocycles. The third kappa shape index (κ3) is 5.28. The second-order valence-corrected chi connectivity index (χ2v) is 4.76. The molecular weight excluding hydrogens is 334 g/mol. The Bertz CT molecular complexity index is 845. The molecule has 8 heteroatoms. The second-order valence-electron chi connectivity index (χ2n) is 4.76. The first-order chi connectivity index (χ1) is 12.0. The molecule has 0 saturated carbocycles. The number of amides is 1. The smallest absolute Gasteiger partial charge is 0.408 e. The zero-order valence-corrected chi connectivity index (χ0v) is 12.8. The lowest BCUT2D eigenvalue weighted by molar-refractivity contribution is -0.385. The Hall–Kier alpha value is -3.47. The van der Waals surface area contributed by atoms with Crippen molar-refractivity contribution in [2.24, 2.45) is 0 Å². The summed E-state index contributed by atoms with van der Waals surface area (Å²) in [6.45, 7) is -0.0987. The van der Waals surface area contributed by atoms with Gasteiger partial charge in [-0.05, 0) is 11.6 Å². The van der Waals surface area contributed by atoms with Gasteiger partial charge in [0.25, 0.3) is 5.69 Å². The topological polar surface area (TPSA) is 81.5 Å². The van der Waals surface area contributed by atoms with E-state index in [-0.39, 0.29) is 18.7 Å². The summed E-state index contributed by atoms with van der Waals surface area (Å²) < 4.78 is 31.1. The van der Waals surface area contributed by atoms with Crippen molar-refractivity contribution in [2.45, 2.75) is 6.61 Å². The monoisotopic (exact) mass is 346 g/mol. The molecule has 1 amide bonds. The highest BCUT2D eigenvalue weighted by Crippen LogP contribution is 2.21. The molecule has 1 N–H and O–H groups in total. The number of hydrogen-bond donors (Lipinski definition) is 1. The highest BCUT2D eigenvalue weighted by molar-refractivity contribution is 5.67. The third-order valence-corrected chi connectivity index (χ3v) is 2.99. The van der Waals surface area contributed by atoms with Crippen LogP contribution in [0.4, 0.5) is 19.3 Å². The number of hydrogen-bond acceptors (Lipinski definition) is 4. The van der Waals surface area contributed by atoms with E-state index in [2.05, 4.69) is 17.2 Å². The Balaban J connectivity index is 1.91. The lowest BCUT2D eigenvalue weighted by Gasteiger charge is -2.04. The summed E-state index contributed by atoms with van der Waals surface area (Å²) in [4.78, 5) is 21.4. The fourth-order valence-corrected chi connectivity index (χ4v) is 1.82. The van der Waals surface area contributed by atoms with Crippen LogP contribution in [0.3, 0.4) is 0 Å². The van der Waals surface area contributed by atoms with Gasteiger partial charge >= 0.3 is 6.09 Å². The summed E-state index contributed by atoms with van der Waals surface area (Å²) in [5.41, 5.74) is -0.137. The fraction of sp³-hybridized carbons (Fsp3) is 0.118. The molecule has 0 bridgehead atoms. The molecule has 0 spiro atoms. The summed E-state index contributed by atoms with van der Waals surface area (Å²) in [5.74, 6) is 2.16. The number of carbonyl (C=O) groups excluding carboxylic acids is 1. The molecule has 2 aromatic carbocycles. The van der Waals surface area contributed by atoms with Gasteiger partial charge in [-0.2, -0.15) is 0 Å². The Morgan fingerprint density at radius 3 is 2.56 bits per heavy atom. The average Bonchev–Trinajstić information content (AvgIpc) is 2.60. The van der Waals surface area contributed by atoms with Crippen molar-refractivity contribution >= 4 is 11.8 Å². The van der Waals surface area contributed by atoms with Crippen LogP contribution in [0.25, 0.3) is 0 Å². The van der Waals surface area contributed by atoms with E-state index in [1.54, 1.807) is 24.3 Å². The molecule has 2 rings (SSSR count). The maximum atomic E-state index is 13.2. The molecule has 6 nitrogen and oxygen atoms in total. The van der Waals surface area contributed by atoms with Crippen LogP contribution in [-0.4, -0.2) is 17.6 Å². The van der Waals surface area contributed by atoms with Gasteiger partial charge < -0.3 is 10.1 Å². The molecule has 25 heavy (non-hydrogen) atoms. The van der Waals surface area contributed by atoms with Crippen LogP contribution in [0, 0.1) is 33.6 Å². The van der Waals surface area contributed by atoms with Crippen LogP contribution in [0.1, 0.15) is 11.1 Å². The number of nitro groups is 1. The predicted molar refractivity (Wildman–Crippen MR) is 84.5 cm³/mol. The van der Waals surface area contributed by atoms with E-state index in [4.69, 9.17) is 4.74 Å². The summed E-state index contributed by atoms with van der Waals surface area (Å²) in [5, 5.41) is 13.1. The Labute approximate surface area is 141 Å². The van der Waals surface area contributed by atoms with E-state index in [0.29, 0.717) is 12.1 Å². The van der Waals surface area contributed by atoms with E-state index in [1.165, 1.54) is 0 Å². The number of rotatable bonds is 4. The maximum Gasteiger partial charge on any atom is 0.408 e. The first-order valence-electron chi connectivity index (χ1n) is 7.04. The molecule has 0 atom stereocenters. The van der Waals surface area contributed by atoms with Gasteiger partial charge in [0.1, 0.15) is 12.2 Å². The quantitative estimate of drug-likeness (QED) is 0.524. The number of nitrogens with zero attached hydrogens (tertiary/aromatic N) is 1. The van der Waals surface area contributed by atoms with Crippen LogP contribution in [0.5, 0.6) is 0 Å². The number of alkyl carbamates (subject to hydrolysis) is 1. The summed E-state index contributed by atoms with van der Waals surface area (Å²) in [7, 11) is 0. The van der Waals surface area contributed by atoms with Crippen molar-refractivity contribution in [1.82, 2.24) is 5.32 Å². The van der Waals surface area contributed by atoms with Gasteiger partial charge in [-0.25, -0.2) is 13.6 Å². The van der Waals surface area contributed by atoms with Crippen LogP contribution in [-0.2, 0) is 11.3 Å². The lowest BCUT2D eigenvalue weighted by Crippen LogP contribution is -2.24. The largest absolute Gasteiger partial charge is 0.445 e. The van der Waals surface area contributed by atoms with Crippen molar-refractivity contribution in [2.75, 3.05) is 6.54 Å². The van der Waals surface area contributed by atoms with Gasteiger partial charge in [0.2, 0.25) is 0 Å². The fourth-order valence-electron chi connectivity index (χ4n) is 1.82. The summed E-state index contributed by atoms with van der Waals surface area (Å²) in [6.07, 6.45) is -0.724. The van der Waals surface area contributed by atoms with Gasteiger partial charge in [-0.15, -0.1) is 0 Å². The maximum absolute atomic E-state index is 13.2. The van der Waals surface area contributed by atoms with Gasteiger partial charge in [-0.3, -0.25) is 10.1 Å². The highest BCUT2D eigenvalue weighted by Gasteiger charge is 2.17. The Morgan fingerprint density at radius 2 is 1.88 bits per heavy atom. The van der Waals surface area contributed by atoms with E-state index in [9.17, 15) is 23.7 Å². The van der Waals surface area contributed by atoms with Gasteiger partial charge in [0, 0.05) is 0 Å². The lowest BCUT2D eigenvalue weighted by atomic mass is 10.1. The molecule has 128 valence electrons. The normalized spacial score (nSPS) is 9.68. The van der Waals surface area contributed by atoms with Crippen molar-refractivity contribution in [3.8, 4) is 11.8 Å². The second kappa shape index (κ2) is 8.40. The minimum absolute atomic E-state index is 0.0781. The van der Waals surface area contributed by atoms with E-state index in [1.807, 2.05) is 6.07 Å². The van der Waals surface area contributed by atoms with Crippen LogP contribution >= 0.6 is 0 Å². The number of ether oxygens (including phenoxy) is 1. The molecular formula is C17H12F2N2O4. The molecule has 0 aliphatic heterocycles. The summed E-state index contributed by atoms with van der Waals surface area (Å²) >= 11 is 0. The van der Waals surface area contributed by atoms with Crippen molar-refractivity contribution in [3.05, 3.63) is 75.3 Å². The number of benzene rings is 2. The van der Waals surface area contributed by atoms with Crippen LogP contribution < -0.4 is 5.32 Å². The third-order valence-electron chi connectivity index (χ3n) is 2.99. The molecule has 0 radical (unpaired) electrons. The van der Waals surface area contributed by atoms with Crippen molar-refractivity contribution < 1.29 is 23.2 Å². The average molecular weight is 346 g/mol. The summed E-state index contributed by atoms with van der Waals surface area (Å²) in [6, 6.07) is 10.1. The molecule has 0 aliphatic rings. The molecule has 0 aliphatic carbocycles.